The first-order valence-electron chi connectivity index (χ1n) is 7.29. The lowest BCUT2D eigenvalue weighted by molar-refractivity contribution is -0.131. The minimum absolute atomic E-state index is 0.114. The van der Waals surface area contributed by atoms with Crippen LogP contribution < -0.4 is 11.2 Å². The molecule has 3 rings (SSSR count). The maximum Gasteiger partial charge on any atom is 0.328 e. The first-order chi connectivity index (χ1) is 11.4. The molecular weight excluding hydrogens is 336 g/mol. The van der Waals surface area contributed by atoms with E-state index in [4.69, 9.17) is 11.6 Å². The fourth-order valence-corrected chi connectivity index (χ4v) is 2.89. The van der Waals surface area contributed by atoms with Gasteiger partial charge in [-0.25, -0.2) is 4.79 Å². The third kappa shape index (κ3) is 3.10. The Hall–Kier alpha value is -2.45. The Balaban J connectivity index is 1.75. The van der Waals surface area contributed by atoms with E-state index in [9.17, 15) is 19.5 Å². The molecule has 0 bridgehead atoms. The molecule has 1 aliphatic heterocycles. The average molecular weight is 351 g/mol. The maximum atomic E-state index is 12.4. The highest BCUT2D eigenvalue weighted by Gasteiger charge is 2.39. The van der Waals surface area contributed by atoms with E-state index in [0.29, 0.717) is 18.5 Å². The smallest absolute Gasteiger partial charge is 0.328 e. The largest absolute Gasteiger partial charge is 0.383 e. The van der Waals surface area contributed by atoms with Gasteiger partial charge in [0.2, 0.25) is 5.91 Å². The van der Waals surface area contributed by atoms with Crippen LogP contribution in [0.3, 0.4) is 0 Å². The van der Waals surface area contributed by atoms with Crippen LogP contribution in [0.2, 0.25) is 5.02 Å². The molecule has 24 heavy (non-hydrogen) atoms. The second-order valence-electron chi connectivity index (χ2n) is 5.70. The summed E-state index contributed by atoms with van der Waals surface area (Å²) >= 11 is 5.68. The van der Waals surface area contributed by atoms with Gasteiger partial charge in [0.05, 0.1) is 6.54 Å². The Labute approximate surface area is 141 Å². The van der Waals surface area contributed by atoms with Gasteiger partial charge in [0, 0.05) is 30.7 Å². The van der Waals surface area contributed by atoms with Gasteiger partial charge in [0.1, 0.15) is 17.2 Å². The number of hydrogen-bond acceptors (Lipinski definition) is 5. The number of nitrogens with one attached hydrogen (secondary N) is 1. The summed E-state index contributed by atoms with van der Waals surface area (Å²) in [5, 5.41) is 10.5. The van der Waals surface area contributed by atoms with Crippen LogP contribution in [0.5, 0.6) is 0 Å². The summed E-state index contributed by atoms with van der Waals surface area (Å²) in [4.78, 5) is 42.8. The number of hydrogen-bond donors (Lipinski definition) is 2. The zero-order chi connectivity index (χ0) is 17.3. The fraction of sp³-hybridized carbons (Fsp3) is 0.333. The van der Waals surface area contributed by atoms with Crippen molar-refractivity contribution >= 4 is 17.5 Å². The molecule has 8 nitrogen and oxygen atoms in total. The zero-order valence-electron chi connectivity index (χ0n) is 12.6. The van der Waals surface area contributed by atoms with E-state index >= 15 is 0 Å². The number of aliphatic hydroxyl groups is 1. The predicted molar refractivity (Wildman–Crippen MR) is 85.7 cm³/mol. The van der Waals surface area contributed by atoms with Crippen molar-refractivity contribution in [1.82, 2.24) is 19.4 Å². The van der Waals surface area contributed by atoms with E-state index in [1.165, 1.54) is 4.90 Å². The highest BCUT2D eigenvalue weighted by Crippen LogP contribution is 2.31. The van der Waals surface area contributed by atoms with E-state index in [2.05, 4.69) is 4.98 Å². The number of β-amino-alcohol motifs (C(OH)–C–C–N with tert-alkyl or cyclic N) is 1. The van der Waals surface area contributed by atoms with Gasteiger partial charge in [0.25, 0.3) is 5.56 Å². The standard InChI is InChI=1S/C15H15ClN4O4/c16-11-7-20(14(23)18-13(11)22)8-12(21)19-5-3-15(24,9-19)10-2-1-4-17-6-10/h1-2,4,6-7,24H,3,5,8-9H2,(H,18,22,23). The Kier molecular flexibility index (Phi) is 4.25. The van der Waals surface area contributed by atoms with Crippen LogP contribution in [-0.2, 0) is 16.9 Å². The van der Waals surface area contributed by atoms with Gasteiger partial charge in [-0.3, -0.25) is 24.1 Å². The Morgan fingerprint density at radius 3 is 2.96 bits per heavy atom. The molecule has 1 atom stereocenters. The summed E-state index contributed by atoms with van der Waals surface area (Å²) in [6, 6.07) is 3.48. The summed E-state index contributed by atoms with van der Waals surface area (Å²) in [5.74, 6) is -0.347. The van der Waals surface area contributed by atoms with Crippen LogP contribution in [-0.4, -0.2) is 43.5 Å². The van der Waals surface area contributed by atoms with Crippen molar-refractivity contribution in [2.45, 2.75) is 18.6 Å². The van der Waals surface area contributed by atoms with Gasteiger partial charge in [-0.05, 0) is 12.5 Å². The lowest BCUT2D eigenvalue weighted by atomic mass is 9.95. The van der Waals surface area contributed by atoms with Crippen molar-refractivity contribution in [3.63, 3.8) is 0 Å². The molecule has 1 fully saturated rings. The molecule has 0 saturated carbocycles. The first kappa shape index (κ1) is 16.4. The van der Waals surface area contributed by atoms with Crippen molar-refractivity contribution in [3.8, 4) is 0 Å². The molecule has 3 heterocycles. The number of carbonyl (C=O) groups is 1. The highest BCUT2D eigenvalue weighted by atomic mass is 35.5. The van der Waals surface area contributed by atoms with Gasteiger partial charge in [0.15, 0.2) is 0 Å². The van der Waals surface area contributed by atoms with Gasteiger partial charge >= 0.3 is 5.69 Å². The van der Waals surface area contributed by atoms with E-state index in [1.807, 2.05) is 4.98 Å². The summed E-state index contributed by atoms with van der Waals surface area (Å²) < 4.78 is 1.04. The summed E-state index contributed by atoms with van der Waals surface area (Å²) in [7, 11) is 0. The van der Waals surface area contributed by atoms with Crippen molar-refractivity contribution in [1.29, 1.82) is 0 Å². The molecule has 1 unspecified atom stereocenters. The van der Waals surface area contributed by atoms with E-state index in [-0.39, 0.29) is 24.0 Å². The van der Waals surface area contributed by atoms with Crippen LogP contribution in [0, 0.1) is 0 Å². The number of aromatic nitrogens is 3. The summed E-state index contributed by atoms with van der Waals surface area (Å²) in [6.45, 7) is 0.206. The molecule has 2 aromatic heterocycles. The number of halogens is 1. The molecule has 2 N–H and O–H groups in total. The normalized spacial score (nSPS) is 20.3. The highest BCUT2D eigenvalue weighted by molar-refractivity contribution is 6.30. The van der Waals surface area contributed by atoms with Crippen LogP contribution in [0.15, 0.2) is 40.3 Å². The number of carbonyl (C=O) groups excluding carboxylic acids is 1. The number of rotatable bonds is 3. The molecule has 1 aliphatic rings. The topological polar surface area (TPSA) is 108 Å². The average Bonchev–Trinajstić information content (AvgIpc) is 2.97. The van der Waals surface area contributed by atoms with Gasteiger partial charge in [-0.15, -0.1) is 0 Å². The van der Waals surface area contributed by atoms with Crippen LogP contribution in [0.1, 0.15) is 12.0 Å². The summed E-state index contributed by atoms with van der Waals surface area (Å²) in [6.07, 6.45) is 4.69. The molecule has 1 saturated heterocycles. The molecule has 0 aliphatic carbocycles. The predicted octanol–water partition coefficient (Wildman–Crippen LogP) is -0.295. The number of nitrogens with zero attached hydrogens (tertiary/aromatic N) is 3. The third-order valence-electron chi connectivity index (χ3n) is 4.07. The lowest BCUT2D eigenvalue weighted by Gasteiger charge is -2.23. The number of aromatic amines is 1. The van der Waals surface area contributed by atoms with Crippen molar-refractivity contribution in [2.24, 2.45) is 0 Å². The van der Waals surface area contributed by atoms with Crippen LogP contribution >= 0.6 is 11.6 Å². The van der Waals surface area contributed by atoms with Gasteiger partial charge < -0.3 is 10.0 Å². The van der Waals surface area contributed by atoms with Crippen LogP contribution in [0.4, 0.5) is 0 Å². The minimum atomic E-state index is -1.16. The molecule has 1 amide bonds. The van der Waals surface area contributed by atoms with Crippen molar-refractivity contribution < 1.29 is 9.90 Å². The molecule has 2 aromatic rings. The third-order valence-corrected chi connectivity index (χ3v) is 4.34. The Morgan fingerprint density at radius 1 is 1.46 bits per heavy atom. The first-order valence-corrected chi connectivity index (χ1v) is 7.67. The minimum Gasteiger partial charge on any atom is -0.383 e. The fourth-order valence-electron chi connectivity index (χ4n) is 2.73. The maximum absolute atomic E-state index is 12.4. The Morgan fingerprint density at radius 2 is 2.25 bits per heavy atom. The number of likely N-dealkylation sites (tertiary alicyclic amines) is 1. The van der Waals surface area contributed by atoms with Gasteiger partial charge in [-0.2, -0.15) is 0 Å². The Bertz CT molecular complexity index is 879. The molecular formula is C15H15ClN4O4. The summed E-state index contributed by atoms with van der Waals surface area (Å²) in [5.41, 5.74) is -1.92. The van der Waals surface area contributed by atoms with E-state index < -0.39 is 16.9 Å². The molecule has 0 spiro atoms. The quantitative estimate of drug-likeness (QED) is 0.790. The van der Waals surface area contributed by atoms with E-state index in [0.717, 1.165) is 10.8 Å². The number of H-pyrrole nitrogens is 1. The molecule has 126 valence electrons. The van der Waals surface area contributed by atoms with Crippen LogP contribution in [0.25, 0.3) is 0 Å². The van der Waals surface area contributed by atoms with Crippen molar-refractivity contribution in [3.05, 3.63) is 62.1 Å². The SMILES string of the molecule is O=C(Cn1cc(Cl)c(=O)[nH]c1=O)N1CCC(O)(c2cccnc2)C1. The monoisotopic (exact) mass is 350 g/mol. The number of pyridine rings is 1. The van der Waals surface area contributed by atoms with Gasteiger partial charge in [-0.1, -0.05) is 17.7 Å². The second-order valence-corrected chi connectivity index (χ2v) is 6.11. The molecule has 9 heteroatoms. The second kappa shape index (κ2) is 6.21. The molecule has 0 aromatic carbocycles. The van der Waals surface area contributed by atoms with E-state index in [1.54, 1.807) is 24.5 Å². The van der Waals surface area contributed by atoms with Crippen molar-refractivity contribution in [2.75, 3.05) is 13.1 Å². The molecule has 0 radical (unpaired) electrons. The lowest BCUT2D eigenvalue weighted by Crippen LogP contribution is -2.39. The zero-order valence-corrected chi connectivity index (χ0v) is 13.4. The number of amides is 1.